The first-order valence-corrected chi connectivity index (χ1v) is 15.0. The molecule has 2 aromatic carbocycles. The van der Waals surface area contributed by atoms with E-state index in [4.69, 9.17) is 22.3 Å². The third kappa shape index (κ3) is 6.37. The first kappa shape index (κ1) is 29.5. The number of urea groups is 1. The molecule has 2 fully saturated rings. The summed E-state index contributed by atoms with van der Waals surface area (Å²) in [6.45, 7) is 1.09. The molecule has 0 radical (unpaired) electrons. The van der Waals surface area contributed by atoms with Crippen LogP contribution in [0, 0.1) is 17.6 Å². The molecule has 1 aliphatic carbocycles. The average molecular weight is 624 g/mol. The first-order chi connectivity index (χ1) is 21.2. The fourth-order valence-electron chi connectivity index (χ4n) is 5.97. The standard InChI is InChI=1S/C30H32ClF2N9O2/c31-18-13-22(32)25(23(33)14-18)39-29-38-24-15-35-28(40-27(24)42(29)21-10-8-17(9-11-21)26(34)43)36-20-7-4-12-41(16-20)30(44)37-19-5-2-1-3-6-19/h1-3,5-6,13-15,17,20-21H,4,7-12,16H2,(H2,34,43)(H,37,44)(H,38,39)(H,35,36,40)/t17?,20-,21?/m1/s1. The number of carbonyl (C=O) groups is 2. The fourth-order valence-corrected chi connectivity index (χ4v) is 6.16. The maximum atomic E-state index is 14.8. The summed E-state index contributed by atoms with van der Waals surface area (Å²) in [5, 5.41) is 9.03. The summed E-state index contributed by atoms with van der Waals surface area (Å²) < 4.78 is 31.3. The van der Waals surface area contributed by atoms with E-state index in [-0.39, 0.29) is 46.6 Å². The Morgan fingerprint density at radius 1 is 1.00 bits per heavy atom. The van der Waals surface area contributed by atoms with Crippen LogP contribution in [0.2, 0.25) is 5.02 Å². The maximum Gasteiger partial charge on any atom is 0.321 e. The van der Waals surface area contributed by atoms with Gasteiger partial charge in [-0.3, -0.25) is 9.36 Å². The van der Waals surface area contributed by atoms with Crippen LogP contribution in [0.4, 0.5) is 36.8 Å². The number of piperidine rings is 1. The molecule has 3 amide bonds. The molecule has 4 aromatic rings. The Kier molecular flexibility index (Phi) is 8.47. The lowest BCUT2D eigenvalue weighted by atomic mass is 9.85. The number of imidazole rings is 1. The second-order valence-corrected chi connectivity index (χ2v) is 11.6. The van der Waals surface area contributed by atoms with E-state index in [1.165, 1.54) is 0 Å². The Labute approximate surface area is 257 Å². The Hall–Kier alpha value is -4.52. The van der Waals surface area contributed by atoms with Crippen LogP contribution in [0.25, 0.3) is 11.2 Å². The van der Waals surface area contributed by atoms with Gasteiger partial charge in [-0.1, -0.05) is 29.8 Å². The van der Waals surface area contributed by atoms with E-state index in [1.54, 1.807) is 11.1 Å². The molecular formula is C30H32ClF2N9O2. The molecule has 1 aliphatic heterocycles. The third-order valence-corrected chi connectivity index (χ3v) is 8.43. The van der Waals surface area contributed by atoms with Gasteiger partial charge < -0.3 is 26.6 Å². The van der Waals surface area contributed by atoms with Gasteiger partial charge in [-0.05, 0) is 62.8 Å². The van der Waals surface area contributed by atoms with Gasteiger partial charge in [0.15, 0.2) is 17.3 Å². The minimum absolute atomic E-state index is 0.0655. The molecule has 230 valence electrons. The van der Waals surface area contributed by atoms with Crippen molar-refractivity contribution >= 4 is 58.0 Å². The Balaban J connectivity index is 1.26. The van der Waals surface area contributed by atoms with Crippen molar-refractivity contribution in [2.75, 3.05) is 29.0 Å². The van der Waals surface area contributed by atoms with Gasteiger partial charge >= 0.3 is 6.03 Å². The summed E-state index contributed by atoms with van der Waals surface area (Å²) in [5.74, 6) is -1.76. The topological polar surface area (TPSA) is 143 Å². The van der Waals surface area contributed by atoms with Crippen molar-refractivity contribution < 1.29 is 18.4 Å². The number of benzene rings is 2. The summed E-state index contributed by atoms with van der Waals surface area (Å²) >= 11 is 5.82. The molecular weight excluding hydrogens is 592 g/mol. The van der Waals surface area contributed by atoms with Crippen LogP contribution in [0.3, 0.4) is 0 Å². The van der Waals surface area contributed by atoms with Gasteiger partial charge in [0.2, 0.25) is 17.8 Å². The van der Waals surface area contributed by atoms with E-state index in [9.17, 15) is 18.4 Å². The molecule has 1 saturated carbocycles. The summed E-state index contributed by atoms with van der Waals surface area (Å²) in [6.07, 6.45) is 5.51. The summed E-state index contributed by atoms with van der Waals surface area (Å²) in [4.78, 5) is 40.3. The zero-order valence-corrected chi connectivity index (χ0v) is 24.5. The van der Waals surface area contributed by atoms with E-state index in [2.05, 4.69) is 25.9 Å². The summed E-state index contributed by atoms with van der Waals surface area (Å²) in [5.41, 5.74) is 6.79. The van der Waals surface area contributed by atoms with Crippen LogP contribution in [0.15, 0.2) is 48.7 Å². The quantitative estimate of drug-likeness (QED) is 0.203. The molecule has 11 nitrogen and oxygen atoms in total. The smallest absolute Gasteiger partial charge is 0.321 e. The molecule has 2 aliphatic rings. The molecule has 2 aromatic heterocycles. The number of anilines is 4. The predicted molar refractivity (Wildman–Crippen MR) is 164 cm³/mol. The predicted octanol–water partition coefficient (Wildman–Crippen LogP) is 5.83. The number of nitrogens with zero attached hydrogens (tertiary/aromatic N) is 5. The highest BCUT2D eigenvalue weighted by Gasteiger charge is 2.30. The number of likely N-dealkylation sites (tertiary alicyclic amines) is 1. The molecule has 1 atom stereocenters. The van der Waals surface area contributed by atoms with Crippen LogP contribution in [0.1, 0.15) is 44.6 Å². The summed E-state index contributed by atoms with van der Waals surface area (Å²) in [6, 6.07) is 10.9. The lowest BCUT2D eigenvalue weighted by molar-refractivity contribution is -0.122. The van der Waals surface area contributed by atoms with Crippen molar-refractivity contribution in [3.05, 3.63) is 65.3 Å². The normalized spacial score (nSPS) is 20.3. The van der Waals surface area contributed by atoms with Gasteiger partial charge in [0.05, 0.1) is 6.20 Å². The molecule has 6 rings (SSSR count). The van der Waals surface area contributed by atoms with Crippen molar-refractivity contribution in [3.63, 3.8) is 0 Å². The molecule has 1 saturated heterocycles. The van der Waals surface area contributed by atoms with Crippen LogP contribution in [-0.4, -0.2) is 55.5 Å². The number of hydrogen-bond donors (Lipinski definition) is 4. The van der Waals surface area contributed by atoms with Gasteiger partial charge in [0.1, 0.15) is 11.2 Å². The zero-order chi connectivity index (χ0) is 30.8. The largest absolute Gasteiger partial charge is 0.369 e. The van der Waals surface area contributed by atoms with E-state index in [0.717, 1.165) is 30.7 Å². The monoisotopic (exact) mass is 623 g/mol. The number of amides is 3. The number of nitrogens with two attached hydrogens (primary N) is 1. The minimum atomic E-state index is -0.863. The number of nitrogens with one attached hydrogen (secondary N) is 3. The second-order valence-electron chi connectivity index (χ2n) is 11.2. The molecule has 3 heterocycles. The minimum Gasteiger partial charge on any atom is -0.369 e. The van der Waals surface area contributed by atoms with Gasteiger partial charge in [-0.15, -0.1) is 0 Å². The highest BCUT2D eigenvalue weighted by Crippen LogP contribution is 2.38. The molecule has 5 N–H and O–H groups in total. The Morgan fingerprint density at radius 2 is 1.73 bits per heavy atom. The van der Waals surface area contributed by atoms with E-state index < -0.39 is 11.6 Å². The van der Waals surface area contributed by atoms with Gasteiger partial charge in [0.25, 0.3) is 0 Å². The Morgan fingerprint density at radius 3 is 2.43 bits per heavy atom. The number of hydrogen-bond acceptors (Lipinski definition) is 7. The van der Waals surface area contributed by atoms with Gasteiger partial charge in [0, 0.05) is 41.8 Å². The molecule has 0 bridgehead atoms. The van der Waals surface area contributed by atoms with E-state index >= 15 is 0 Å². The SMILES string of the molecule is NC(=O)C1CCC(n2c(Nc3c(F)cc(Cl)cc3F)nc3cnc(N[C@@H]4CCCN(C(=O)Nc5ccccc5)C4)nc32)CC1. The number of halogens is 3. The molecule has 0 spiro atoms. The highest BCUT2D eigenvalue weighted by molar-refractivity contribution is 6.30. The summed E-state index contributed by atoms with van der Waals surface area (Å²) in [7, 11) is 0. The van der Waals surface area contributed by atoms with E-state index in [0.29, 0.717) is 55.9 Å². The number of para-hydroxylation sites is 1. The molecule has 0 unspecified atom stereocenters. The lowest BCUT2D eigenvalue weighted by Crippen LogP contribution is -2.47. The van der Waals surface area contributed by atoms with Crippen LogP contribution in [0.5, 0.6) is 0 Å². The molecule has 14 heteroatoms. The number of fused-ring (bicyclic) bond motifs is 1. The number of primary amides is 1. The fraction of sp³-hybridized carbons (Fsp3) is 0.367. The number of carbonyl (C=O) groups excluding carboxylic acids is 2. The van der Waals surface area contributed by atoms with Crippen molar-refractivity contribution in [1.82, 2.24) is 24.4 Å². The van der Waals surface area contributed by atoms with Gasteiger partial charge in [-0.25, -0.2) is 23.5 Å². The van der Waals surface area contributed by atoms with Crippen molar-refractivity contribution in [2.45, 2.75) is 50.6 Å². The average Bonchev–Trinajstić information content (AvgIpc) is 3.37. The highest BCUT2D eigenvalue weighted by atomic mass is 35.5. The second kappa shape index (κ2) is 12.6. The molecule has 44 heavy (non-hydrogen) atoms. The third-order valence-electron chi connectivity index (χ3n) is 8.21. The zero-order valence-electron chi connectivity index (χ0n) is 23.8. The maximum absolute atomic E-state index is 14.8. The van der Waals surface area contributed by atoms with Crippen LogP contribution < -0.4 is 21.7 Å². The van der Waals surface area contributed by atoms with E-state index in [1.807, 2.05) is 34.9 Å². The number of rotatable bonds is 7. The number of aromatic nitrogens is 4. The van der Waals surface area contributed by atoms with Crippen LogP contribution in [-0.2, 0) is 4.79 Å². The Bertz CT molecular complexity index is 1660. The van der Waals surface area contributed by atoms with Crippen molar-refractivity contribution in [3.8, 4) is 0 Å². The lowest BCUT2D eigenvalue weighted by Gasteiger charge is -2.33. The van der Waals surface area contributed by atoms with Crippen LogP contribution >= 0.6 is 11.6 Å². The van der Waals surface area contributed by atoms with Crippen molar-refractivity contribution in [2.24, 2.45) is 11.7 Å². The van der Waals surface area contributed by atoms with Crippen molar-refractivity contribution in [1.29, 1.82) is 0 Å². The van der Waals surface area contributed by atoms with Gasteiger partial charge in [-0.2, -0.15) is 4.98 Å². The first-order valence-electron chi connectivity index (χ1n) is 14.6.